The second kappa shape index (κ2) is 57.1. The molecule has 0 aliphatic heterocycles. The number of rotatable bonds is 49. The van der Waals surface area contributed by atoms with E-state index < -0.39 is 6.10 Å². The van der Waals surface area contributed by atoms with E-state index >= 15 is 0 Å². The molecule has 0 rings (SSSR count). The number of ether oxygens (including phenoxy) is 3. The van der Waals surface area contributed by atoms with Gasteiger partial charge in [0.1, 0.15) is 13.2 Å². The Hall–Kier alpha value is -4.45. The van der Waals surface area contributed by atoms with Gasteiger partial charge in [0.05, 0.1) is 0 Å². The molecule has 70 heavy (non-hydrogen) atoms. The molecular formula is C64H102O6. The standard InChI is InChI=1S/C64H102O6/c1-4-7-10-13-16-19-22-25-28-31-34-36-39-42-45-48-51-54-57-63(66)69-60-61(70-64(67)58-55-52-49-46-43-40-37-33-30-27-24-21-18-15-12-9-6-3)59-68-62(65)56-53-50-47-44-41-38-35-32-29-26-23-20-17-14-11-8-5-2/h8-9,11-12,15,17-18,20-21,24,26-27,29-30,33,35,37-38,40,43-44,47,61H,4-7,10,13-14,16,19,22-23,25,28,31-32,34,36,39,41-42,45-46,48-60H2,1-3H3/b11-8-,12-9-,18-15-,20-17-,24-21-,29-26-,30-27-,37-33+,38-35-,43-40-,47-44-. The van der Waals surface area contributed by atoms with Gasteiger partial charge in [0.15, 0.2) is 6.10 Å². The molecule has 0 aromatic heterocycles. The number of unbranched alkanes of at least 4 members (excludes halogenated alkanes) is 21. The summed E-state index contributed by atoms with van der Waals surface area (Å²) < 4.78 is 16.8. The molecule has 0 aromatic rings. The zero-order valence-corrected chi connectivity index (χ0v) is 45.0. The average molecular weight is 968 g/mol. The first kappa shape index (κ1) is 65.5. The molecule has 6 nitrogen and oxygen atoms in total. The number of carbonyl (C=O) groups excluding carboxylic acids is 3. The van der Waals surface area contributed by atoms with Gasteiger partial charge >= 0.3 is 17.9 Å². The van der Waals surface area contributed by atoms with Crippen molar-refractivity contribution >= 4 is 17.9 Å². The third-order valence-electron chi connectivity index (χ3n) is 11.6. The average Bonchev–Trinajstić information content (AvgIpc) is 3.36. The molecule has 0 spiro atoms. The van der Waals surface area contributed by atoms with Crippen molar-refractivity contribution in [1.29, 1.82) is 0 Å². The van der Waals surface area contributed by atoms with Crippen molar-refractivity contribution in [3.05, 3.63) is 134 Å². The van der Waals surface area contributed by atoms with Crippen LogP contribution in [0.2, 0.25) is 0 Å². The number of esters is 3. The van der Waals surface area contributed by atoms with Gasteiger partial charge < -0.3 is 14.2 Å². The molecule has 0 N–H and O–H groups in total. The van der Waals surface area contributed by atoms with Crippen molar-refractivity contribution in [1.82, 2.24) is 0 Å². The zero-order valence-electron chi connectivity index (χ0n) is 45.0. The van der Waals surface area contributed by atoms with Crippen LogP contribution in [0.1, 0.15) is 233 Å². The number of hydrogen-bond acceptors (Lipinski definition) is 6. The lowest BCUT2D eigenvalue weighted by Crippen LogP contribution is -2.30. The minimum atomic E-state index is -0.828. The van der Waals surface area contributed by atoms with E-state index in [-0.39, 0.29) is 44.0 Å². The minimum absolute atomic E-state index is 0.117. The highest BCUT2D eigenvalue weighted by Crippen LogP contribution is 2.15. The highest BCUT2D eigenvalue weighted by atomic mass is 16.6. The Morgan fingerprint density at radius 3 is 1.09 bits per heavy atom. The van der Waals surface area contributed by atoms with Gasteiger partial charge in [-0.15, -0.1) is 0 Å². The van der Waals surface area contributed by atoms with E-state index in [1.165, 1.54) is 96.3 Å². The van der Waals surface area contributed by atoms with Crippen molar-refractivity contribution in [3.8, 4) is 0 Å². The lowest BCUT2D eigenvalue weighted by Gasteiger charge is -2.18. The molecule has 0 bridgehead atoms. The second-order valence-corrected chi connectivity index (χ2v) is 18.2. The normalized spacial score (nSPS) is 13.1. The van der Waals surface area contributed by atoms with E-state index in [9.17, 15) is 14.4 Å². The summed E-state index contributed by atoms with van der Waals surface area (Å²) in [6, 6.07) is 0. The first-order valence-corrected chi connectivity index (χ1v) is 28.3. The summed E-state index contributed by atoms with van der Waals surface area (Å²) in [4.78, 5) is 38.1. The van der Waals surface area contributed by atoms with Gasteiger partial charge in [0.2, 0.25) is 0 Å². The molecule has 6 heteroatoms. The third-order valence-corrected chi connectivity index (χ3v) is 11.6. The van der Waals surface area contributed by atoms with Gasteiger partial charge in [-0.1, -0.05) is 270 Å². The van der Waals surface area contributed by atoms with Crippen molar-refractivity contribution in [3.63, 3.8) is 0 Å². The van der Waals surface area contributed by atoms with Crippen LogP contribution in [-0.4, -0.2) is 37.2 Å². The van der Waals surface area contributed by atoms with E-state index in [2.05, 4.69) is 93.7 Å². The van der Waals surface area contributed by atoms with Crippen LogP contribution in [0.3, 0.4) is 0 Å². The van der Waals surface area contributed by atoms with Crippen LogP contribution in [-0.2, 0) is 28.6 Å². The zero-order chi connectivity index (χ0) is 50.7. The van der Waals surface area contributed by atoms with Crippen LogP contribution in [0.5, 0.6) is 0 Å². The number of carbonyl (C=O) groups is 3. The van der Waals surface area contributed by atoms with E-state index in [4.69, 9.17) is 14.2 Å². The third kappa shape index (κ3) is 54.5. The second-order valence-electron chi connectivity index (χ2n) is 18.2. The minimum Gasteiger partial charge on any atom is -0.462 e. The summed E-state index contributed by atoms with van der Waals surface area (Å²) in [7, 11) is 0. The lowest BCUT2D eigenvalue weighted by atomic mass is 10.0. The Labute approximate surface area is 430 Å². The molecule has 0 saturated carbocycles. The van der Waals surface area contributed by atoms with Crippen molar-refractivity contribution < 1.29 is 28.6 Å². The summed E-state index contributed by atoms with van der Waals surface area (Å²) >= 11 is 0. The fourth-order valence-electron chi connectivity index (χ4n) is 7.39. The van der Waals surface area contributed by atoms with Gasteiger partial charge in [-0.05, 0) is 77.0 Å². The molecule has 0 amide bonds. The molecule has 0 saturated heterocycles. The van der Waals surface area contributed by atoms with Gasteiger partial charge in [0.25, 0.3) is 0 Å². The molecule has 0 aliphatic carbocycles. The van der Waals surface area contributed by atoms with E-state index in [0.717, 1.165) is 83.5 Å². The maximum Gasteiger partial charge on any atom is 0.306 e. The Morgan fingerprint density at radius 2 is 0.643 bits per heavy atom. The highest BCUT2D eigenvalue weighted by molar-refractivity contribution is 5.71. The monoisotopic (exact) mass is 967 g/mol. The molecule has 1 atom stereocenters. The maximum atomic E-state index is 12.8. The lowest BCUT2D eigenvalue weighted by molar-refractivity contribution is -0.167. The summed E-state index contributed by atoms with van der Waals surface area (Å²) in [5, 5.41) is 0. The fraction of sp³-hybridized carbons (Fsp3) is 0.609. The van der Waals surface area contributed by atoms with Crippen LogP contribution >= 0.6 is 0 Å². The number of hydrogen-bond donors (Lipinski definition) is 0. The topological polar surface area (TPSA) is 78.9 Å². The SMILES string of the molecule is CC\C=C/C=C\C=C/C=C\C=C\C=C/CCCCCC(=O)OC(COC(=O)CCC/C=C\C/C=C\C/C=C\C/C=C\C/C=C\CC)COC(=O)CCCCCCCCCCCCCCCCCCCC. The largest absolute Gasteiger partial charge is 0.462 e. The summed E-state index contributed by atoms with van der Waals surface area (Å²) in [5.41, 5.74) is 0. The molecule has 0 aromatic carbocycles. The first-order chi connectivity index (χ1) is 34.5. The van der Waals surface area contributed by atoms with Crippen LogP contribution in [0.4, 0.5) is 0 Å². The van der Waals surface area contributed by atoms with Crippen LogP contribution in [0, 0.1) is 0 Å². The molecule has 394 valence electrons. The quantitative estimate of drug-likeness (QED) is 0.0199. The molecule has 0 fully saturated rings. The van der Waals surface area contributed by atoms with Crippen LogP contribution < -0.4 is 0 Å². The summed E-state index contributed by atoms with van der Waals surface area (Å²) in [6.45, 7) is 6.30. The predicted octanol–water partition coefficient (Wildman–Crippen LogP) is 19.0. The van der Waals surface area contributed by atoms with Crippen molar-refractivity contribution in [2.75, 3.05) is 13.2 Å². The first-order valence-electron chi connectivity index (χ1n) is 28.3. The molecule has 1 unspecified atom stereocenters. The predicted molar refractivity (Wildman–Crippen MR) is 302 cm³/mol. The maximum absolute atomic E-state index is 12.8. The van der Waals surface area contributed by atoms with Gasteiger partial charge in [-0.2, -0.15) is 0 Å². The Morgan fingerprint density at radius 1 is 0.314 bits per heavy atom. The Bertz CT molecular complexity index is 1530. The van der Waals surface area contributed by atoms with Gasteiger partial charge in [0, 0.05) is 19.3 Å². The summed E-state index contributed by atoms with van der Waals surface area (Å²) in [5.74, 6) is -1.02. The van der Waals surface area contributed by atoms with Gasteiger partial charge in [-0.25, -0.2) is 0 Å². The summed E-state index contributed by atoms with van der Waals surface area (Å²) in [6.07, 6.45) is 80.2. The molecular weight excluding hydrogens is 865 g/mol. The molecule has 0 aliphatic rings. The van der Waals surface area contributed by atoms with Crippen LogP contribution in [0.25, 0.3) is 0 Å². The Balaban J connectivity index is 4.56. The highest BCUT2D eigenvalue weighted by Gasteiger charge is 2.19. The Kier molecular flexibility index (Phi) is 53.5. The van der Waals surface area contributed by atoms with Gasteiger partial charge in [-0.3, -0.25) is 14.4 Å². The smallest absolute Gasteiger partial charge is 0.306 e. The van der Waals surface area contributed by atoms with E-state index in [0.29, 0.717) is 19.3 Å². The molecule has 0 radical (unpaired) electrons. The van der Waals surface area contributed by atoms with Crippen molar-refractivity contribution in [2.45, 2.75) is 239 Å². The van der Waals surface area contributed by atoms with E-state index in [1.807, 2.05) is 60.8 Å². The fourth-order valence-corrected chi connectivity index (χ4v) is 7.39. The number of allylic oxidation sites excluding steroid dienone is 22. The van der Waals surface area contributed by atoms with E-state index in [1.54, 1.807) is 0 Å². The molecule has 0 heterocycles. The van der Waals surface area contributed by atoms with Crippen molar-refractivity contribution in [2.24, 2.45) is 0 Å². The van der Waals surface area contributed by atoms with Crippen LogP contribution in [0.15, 0.2) is 134 Å².